The second-order valence-corrected chi connectivity index (χ2v) is 15.0. The van der Waals surface area contributed by atoms with Crippen molar-refractivity contribution in [2.24, 2.45) is 0 Å². The topological polar surface area (TPSA) is 116 Å². The SMILES string of the molecule is CC(C)(C)OC(=O)N1CCCC1c1ncc(-c2ccc3c(ccc4cc(-c5cnc([C@@H]6CCCN6C(=O)OC(C)(C)C)[nH]5)ccc43)c2)[nH]1. The number of carbonyl (C=O) groups is 2. The van der Waals surface area contributed by atoms with Gasteiger partial charge in [-0.3, -0.25) is 9.80 Å². The average Bonchev–Trinajstić information content (AvgIpc) is 3.84. The first-order valence-electron chi connectivity index (χ1n) is 16.9. The Morgan fingerprint density at radius 1 is 0.667 bits per heavy atom. The van der Waals surface area contributed by atoms with Crippen molar-refractivity contribution in [3.63, 3.8) is 0 Å². The van der Waals surface area contributed by atoms with E-state index in [4.69, 9.17) is 9.47 Å². The van der Waals surface area contributed by atoms with Gasteiger partial charge in [-0.1, -0.05) is 36.4 Å². The predicted molar refractivity (Wildman–Crippen MR) is 186 cm³/mol. The Bertz CT molecular complexity index is 1850. The number of nitrogens with one attached hydrogen (secondary N) is 2. The van der Waals surface area contributed by atoms with E-state index in [1.807, 2.05) is 53.9 Å². The zero-order chi connectivity index (χ0) is 33.8. The summed E-state index contributed by atoms with van der Waals surface area (Å²) >= 11 is 0. The van der Waals surface area contributed by atoms with E-state index in [2.05, 4.69) is 68.5 Å². The van der Waals surface area contributed by atoms with Gasteiger partial charge in [-0.25, -0.2) is 19.6 Å². The second-order valence-electron chi connectivity index (χ2n) is 15.0. The monoisotopic (exact) mass is 648 g/mol. The maximum Gasteiger partial charge on any atom is 0.410 e. The lowest BCUT2D eigenvalue weighted by molar-refractivity contribution is 0.0208. The minimum Gasteiger partial charge on any atom is -0.444 e. The molecule has 0 spiro atoms. The number of benzene rings is 3. The number of likely N-dealkylation sites (tertiary alicyclic amines) is 2. The van der Waals surface area contributed by atoms with Crippen molar-refractivity contribution in [1.29, 1.82) is 0 Å². The van der Waals surface area contributed by atoms with E-state index in [0.29, 0.717) is 13.1 Å². The summed E-state index contributed by atoms with van der Waals surface area (Å²) < 4.78 is 11.3. The van der Waals surface area contributed by atoms with E-state index < -0.39 is 11.2 Å². The number of H-pyrrole nitrogens is 2. The number of carbonyl (C=O) groups excluding carboxylic acids is 2. The van der Waals surface area contributed by atoms with Gasteiger partial charge >= 0.3 is 12.2 Å². The van der Waals surface area contributed by atoms with E-state index in [-0.39, 0.29) is 24.3 Å². The zero-order valence-electron chi connectivity index (χ0n) is 28.6. The predicted octanol–water partition coefficient (Wildman–Crippen LogP) is 8.92. The number of amides is 2. The molecule has 250 valence electrons. The van der Waals surface area contributed by atoms with E-state index in [0.717, 1.165) is 70.6 Å². The summed E-state index contributed by atoms with van der Waals surface area (Å²) in [5.41, 5.74) is 2.83. The minimum atomic E-state index is -0.542. The van der Waals surface area contributed by atoms with Crippen molar-refractivity contribution in [3.05, 3.63) is 72.6 Å². The van der Waals surface area contributed by atoms with E-state index in [1.165, 1.54) is 10.8 Å². The molecule has 5 aromatic rings. The first kappa shape index (κ1) is 31.7. The number of imidazole rings is 2. The lowest BCUT2D eigenvalue weighted by Crippen LogP contribution is -2.36. The molecule has 7 rings (SSSR count). The van der Waals surface area contributed by atoms with Gasteiger partial charge in [-0.05, 0) is 101 Å². The molecular formula is C38H44N6O4. The van der Waals surface area contributed by atoms with Gasteiger partial charge in [0.05, 0.1) is 35.9 Å². The zero-order valence-corrected chi connectivity index (χ0v) is 28.6. The Balaban J connectivity index is 1.10. The fourth-order valence-corrected chi connectivity index (χ4v) is 6.89. The third kappa shape index (κ3) is 6.35. The molecule has 2 aliphatic heterocycles. The smallest absolute Gasteiger partial charge is 0.410 e. The molecule has 2 fully saturated rings. The molecule has 0 radical (unpaired) electrons. The molecule has 10 nitrogen and oxygen atoms in total. The quantitative estimate of drug-likeness (QED) is 0.188. The van der Waals surface area contributed by atoms with Gasteiger partial charge in [0, 0.05) is 24.2 Å². The molecule has 2 N–H and O–H groups in total. The highest BCUT2D eigenvalue weighted by atomic mass is 16.6. The van der Waals surface area contributed by atoms with Crippen LogP contribution in [0.4, 0.5) is 9.59 Å². The lowest BCUT2D eigenvalue weighted by atomic mass is 9.97. The fraction of sp³-hybridized carbons (Fsp3) is 0.421. The molecule has 0 saturated carbocycles. The summed E-state index contributed by atoms with van der Waals surface area (Å²) in [7, 11) is 0. The van der Waals surface area contributed by atoms with Crippen molar-refractivity contribution in [1.82, 2.24) is 29.7 Å². The summed E-state index contributed by atoms with van der Waals surface area (Å²) in [6, 6.07) is 17.0. The van der Waals surface area contributed by atoms with Crippen molar-refractivity contribution < 1.29 is 19.1 Å². The Morgan fingerprint density at radius 2 is 1.08 bits per heavy atom. The molecule has 2 saturated heterocycles. The van der Waals surface area contributed by atoms with Gasteiger partial charge in [0.2, 0.25) is 0 Å². The first-order valence-corrected chi connectivity index (χ1v) is 16.9. The van der Waals surface area contributed by atoms with Crippen molar-refractivity contribution in [3.8, 4) is 22.5 Å². The molecule has 0 aliphatic carbocycles. The molecule has 0 bridgehead atoms. The van der Waals surface area contributed by atoms with Gasteiger partial charge in [-0.15, -0.1) is 0 Å². The number of hydrogen-bond donors (Lipinski definition) is 2. The molecule has 48 heavy (non-hydrogen) atoms. The van der Waals surface area contributed by atoms with E-state index >= 15 is 0 Å². The molecule has 10 heteroatoms. The maximum atomic E-state index is 12.8. The van der Waals surface area contributed by atoms with Crippen LogP contribution in [0.3, 0.4) is 0 Å². The number of nitrogens with zero attached hydrogens (tertiary/aromatic N) is 4. The van der Waals surface area contributed by atoms with Gasteiger partial charge < -0.3 is 19.4 Å². The summed E-state index contributed by atoms with van der Waals surface area (Å²) in [5.74, 6) is 1.57. The van der Waals surface area contributed by atoms with Crippen LogP contribution in [-0.2, 0) is 9.47 Å². The average molecular weight is 649 g/mol. The Morgan fingerprint density at radius 3 is 1.48 bits per heavy atom. The number of hydrogen-bond acceptors (Lipinski definition) is 6. The van der Waals surface area contributed by atoms with Gasteiger partial charge in [0.15, 0.2) is 0 Å². The van der Waals surface area contributed by atoms with Crippen molar-refractivity contribution in [2.45, 2.75) is 90.5 Å². The third-order valence-electron chi connectivity index (χ3n) is 9.04. The Kier molecular flexibility index (Phi) is 7.92. The summed E-state index contributed by atoms with van der Waals surface area (Å²) in [5, 5.41) is 4.59. The molecular weight excluding hydrogens is 604 g/mol. The van der Waals surface area contributed by atoms with Crippen LogP contribution in [0.5, 0.6) is 0 Å². The van der Waals surface area contributed by atoms with E-state index in [1.54, 1.807) is 9.80 Å². The van der Waals surface area contributed by atoms with Crippen molar-refractivity contribution in [2.75, 3.05) is 13.1 Å². The number of aromatic nitrogens is 4. The molecule has 2 atom stereocenters. The standard InChI is InChI=1S/C38H44N6O4/c1-37(2,3)47-35(45)43-17-7-9-31(43)33-39-21-29(41-33)25-13-15-27-23(19-25)11-12-24-20-26(14-16-28(24)27)30-22-40-34(42-30)32-10-8-18-44(32)36(46)48-38(4,5)6/h11-16,19-22,31-32H,7-10,17-18H2,1-6H3,(H,39,41)(H,40,42)/t31-,32?/m0/s1. The highest BCUT2D eigenvalue weighted by molar-refractivity contribution is 6.09. The first-order chi connectivity index (χ1) is 22.8. The molecule has 2 aromatic heterocycles. The van der Waals surface area contributed by atoms with Crippen LogP contribution in [0.25, 0.3) is 44.1 Å². The Labute approximate surface area is 280 Å². The number of aromatic amines is 2. The third-order valence-corrected chi connectivity index (χ3v) is 9.04. The number of fused-ring (bicyclic) bond motifs is 3. The highest BCUT2D eigenvalue weighted by Gasteiger charge is 2.36. The largest absolute Gasteiger partial charge is 0.444 e. The van der Waals surface area contributed by atoms with Crippen LogP contribution in [0.1, 0.15) is 91.0 Å². The number of ether oxygens (including phenoxy) is 2. The highest BCUT2D eigenvalue weighted by Crippen LogP contribution is 2.36. The van der Waals surface area contributed by atoms with Crippen molar-refractivity contribution >= 4 is 33.7 Å². The maximum absolute atomic E-state index is 12.8. The van der Waals surface area contributed by atoms with Gasteiger partial charge in [0.1, 0.15) is 22.9 Å². The fourth-order valence-electron chi connectivity index (χ4n) is 6.89. The van der Waals surface area contributed by atoms with Crippen LogP contribution < -0.4 is 0 Å². The van der Waals surface area contributed by atoms with Crippen LogP contribution in [-0.4, -0.2) is 66.2 Å². The minimum absolute atomic E-state index is 0.125. The van der Waals surface area contributed by atoms with Crippen LogP contribution >= 0.6 is 0 Å². The van der Waals surface area contributed by atoms with Gasteiger partial charge in [0.25, 0.3) is 0 Å². The van der Waals surface area contributed by atoms with Crippen LogP contribution in [0.15, 0.2) is 60.9 Å². The molecule has 3 aromatic carbocycles. The molecule has 4 heterocycles. The lowest BCUT2D eigenvalue weighted by Gasteiger charge is -2.27. The second kappa shape index (κ2) is 12.0. The molecule has 1 unspecified atom stereocenters. The number of rotatable bonds is 4. The van der Waals surface area contributed by atoms with Crippen LogP contribution in [0.2, 0.25) is 0 Å². The Hall–Kier alpha value is -4.86. The molecule has 2 aliphatic rings. The van der Waals surface area contributed by atoms with E-state index in [9.17, 15) is 9.59 Å². The summed E-state index contributed by atoms with van der Waals surface area (Å²) in [6.07, 6.45) is 6.65. The summed E-state index contributed by atoms with van der Waals surface area (Å²) in [4.78, 5) is 45.6. The summed E-state index contributed by atoms with van der Waals surface area (Å²) in [6.45, 7) is 12.6. The molecule has 2 amide bonds. The van der Waals surface area contributed by atoms with Crippen LogP contribution in [0, 0.1) is 0 Å². The van der Waals surface area contributed by atoms with Gasteiger partial charge in [-0.2, -0.15) is 0 Å². The normalized spacial score (nSPS) is 18.6.